The minimum Gasteiger partial charge on any atom is -0.462 e. The molecule has 0 spiro atoms. The molecule has 0 bridgehead atoms. The van der Waals surface area contributed by atoms with E-state index in [4.69, 9.17) is 10.00 Å². The summed E-state index contributed by atoms with van der Waals surface area (Å²) in [4.78, 5) is 11.5. The Morgan fingerprint density at radius 3 is 2.87 bits per heavy atom. The van der Waals surface area contributed by atoms with Crippen LogP contribution in [0.4, 0.5) is 0 Å². The second-order valence-corrected chi connectivity index (χ2v) is 3.40. The average molecular weight is 268 g/mol. The molecule has 0 heterocycles. The summed E-state index contributed by atoms with van der Waals surface area (Å²) >= 11 is 3.27. The van der Waals surface area contributed by atoms with Crippen molar-refractivity contribution in [3.63, 3.8) is 0 Å². The molecule has 4 heteroatoms. The van der Waals surface area contributed by atoms with Crippen molar-refractivity contribution in [2.75, 3.05) is 6.61 Å². The van der Waals surface area contributed by atoms with Gasteiger partial charge in [0.15, 0.2) is 0 Å². The van der Waals surface area contributed by atoms with Gasteiger partial charge in [-0.05, 0) is 30.7 Å². The summed E-state index contributed by atoms with van der Waals surface area (Å²) in [5.74, 6) is -0.351. The van der Waals surface area contributed by atoms with Crippen molar-refractivity contribution in [1.82, 2.24) is 0 Å². The van der Waals surface area contributed by atoms with Gasteiger partial charge in [-0.15, -0.1) is 0 Å². The fourth-order valence-electron chi connectivity index (χ4n) is 1.18. The Balaban J connectivity index is 3.08. The van der Waals surface area contributed by atoms with Crippen molar-refractivity contribution in [2.24, 2.45) is 0 Å². The Hall–Kier alpha value is -1.34. The van der Waals surface area contributed by atoms with E-state index in [9.17, 15) is 4.79 Å². The highest BCUT2D eigenvalue weighted by molar-refractivity contribution is 9.08. The Labute approximate surface area is 96.8 Å². The highest BCUT2D eigenvalue weighted by Gasteiger charge is 2.11. The van der Waals surface area contributed by atoms with Crippen LogP contribution >= 0.6 is 15.9 Å². The lowest BCUT2D eigenvalue weighted by atomic mass is 10.1. The third kappa shape index (κ3) is 2.80. The van der Waals surface area contributed by atoms with E-state index >= 15 is 0 Å². The molecule has 0 saturated carbocycles. The number of rotatable bonds is 3. The van der Waals surface area contributed by atoms with Crippen LogP contribution in [0.3, 0.4) is 0 Å². The molecule has 0 atom stereocenters. The summed E-state index contributed by atoms with van der Waals surface area (Å²) < 4.78 is 4.90. The summed E-state index contributed by atoms with van der Waals surface area (Å²) in [5, 5.41) is 9.23. The number of esters is 1. The van der Waals surface area contributed by atoms with Crippen LogP contribution in [0.1, 0.15) is 28.4 Å². The Morgan fingerprint density at radius 1 is 1.60 bits per heavy atom. The molecule has 78 valence electrons. The van der Waals surface area contributed by atoms with E-state index in [0.717, 1.165) is 5.56 Å². The number of nitrogens with zero attached hydrogens (tertiary/aromatic N) is 1. The summed E-state index contributed by atoms with van der Waals surface area (Å²) in [6.45, 7) is 2.11. The molecular weight excluding hydrogens is 258 g/mol. The van der Waals surface area contributed by atoms with E-state index in [1.54, 1.807) is 25.1 Å². The van der Waals surface area contributed by atoms with Crippen LogP contribution in [-0.4, -0.2) is 12.6 Å². The summed E-state index contributed by atoms with van der Waals surface area (Å²) in [6, 6.07) is 6.94. The normalized spacial score (nSPS) is 9.40. The van der Waals surface area contributed by atoms with E-state index in [0.29, 0.717) is 23.1 Å². The molecule has 0 N–H and O–H groups in total. The standard InChI is InChI=1S/C11H10BrNO2/c1-2-15-11(14)10-4-3-8(7-13)5-9(10)6-12/h3-5H,2,6H2,1H3. The molecule has 1 rings (SSSR count). The Bertz CT molecular complexity index is 410. The third-order valence-corrected chi connectivity index (χ3v) is 2.48. The van der Waals surface area contributed by atoms with Gasteiger partial charge in [-0.3, -0.25) is 0 Å². The quantitative estimate of drug-likeness (QED) is 0.625. The lowest BCUT2D eigenvalue weighted by molar-refractivity contribution is 0.0525. The summed E-state index contributed by atoms with van der Waals surface area (Å²) in [6.07, 6.45) is 0. The second kappa shape index (κ2) is 5.52. The van der Waals surface area contributed by atoms with Crippen LogP contribution < -0.4 is 0 Å². The summed E-state index contributed by atoms with van der Waals surface area (Å²) in [7, 11) is 0. The average Bonchev–Trinajstić information content (AvgIpc) is 2.28. The van der Waals surface area contributed by atoms with E-state index in [-0.39, 0.29) is 5.97 Å². The van der Waals surface area contributed by atoms with Crippen LogP contribution in [0.2, 0.25) is 0 Å². The highest BCUT2D eigenvalue weighted by Crippen LogP contribution is 2.16. The van der Waals surface area contributed by atoms with Gasteiger partial charge in [-0.25, -0.2) is 4.79 Å². The monoisotopic (exact) mass is 267 g/mol. The van der Waals surface area contributed by atoms with E-state index < -0.39 is 0 Å². The first-order valence-corrected chi connectivity index (χ1v) is 5.61. The highest BCUT2D eigenvalue weighted by atomic mass is 79.9. The van der Waals surface area contributed by atoms with Crippen LogP contribution in [0.25, 0.3) is 0 Å². The fourth-order valence-corrected chi connectivity index (χ4v) is 1.65. The van der Waals surface area contributed by atoms with Gasteiger partial charge in [0.05, 0.1) is 23.8 Å². The lowest BCUT2D eigenvalue weighted by Crippen LogP contribution is -2.07. The molecule has 0 amide bonds. The van der Waals surface area contributed by atoms with Gasteiger partial charge in [0.1, 0.15) is 0 Å². The van der Waals surface area contributed by atoms with E-state index in [1.807, 2.05) is 6.07 Å². The number of hydrogen-bond acceptors (Lipinski definition) is 3. The van der Waals surface area contributed by atoms with Crippen molar-refractivity contribution < 1.29 is 9.53 Å². The van der Waals surface area contributed by atoms with Gasteiger partial charge in [-0.2, -0.15) is 5.26 Å². The van der Waals surface area contributed by atoms with Crippen molar-refractivity contribution in [1.29, 1.82) is 5.26 Å². The van der Waals surface area contributed by atoms with E-state index in [1.165, 1.54) is 0 Å². The van der Waals surface area contributed by atoms with E-state index in [2.05, 4.69) is 15.9 Å². The predicted octanol–water partition coefficient (Wildman–Crippen LogP) is 2.63. The number of carbonyl (C=O) groups excluding carboxylic acids is 1. The maximum atomic E-state index is 11.5. The van der Waals surface area contributed by atoms with Gasteiger partial charge >= 0.3 is 5.97 Å². The zero-order valence-corrected chi connectivity index (χ0v) is 9.87. The number of halogens is 1. The predicted molar refractivity (Wildman–Crippen MR) is 59.7 cm³/mol. The molecule has 0 fully saturated rings. The van der Waals surface area contributed by atoms with Gasteiger partial charge in [0.2, 0.25) is 0 Å². The topological polar surface area (TPSA) is 50.1 Å². The largest absolute Gasteiger partial charge is 0.462 e. The SMILES string of the molecule is CCOC(=O)c1ccc(C#N)cc1CBr. The zero-order valence-electron chi connectivity index (χ0n) is 8.29. The first-order valence-electron chi connectivity index (χ1n) is 4.49. The zero-order chi connectivity index (χ0) is 11.3. The molecule has 0 unspecified atom stereocenters. The molecule has 0 radical (unpaired) electrons. The number of ether oxygens (including phenoxy) is 1. The van der Waals surface area contributed by atoms with Crippen LogP contribution in [0.15, 0.2) is 18.2 Å². The van der Waals surface area contributed by atoms with Crippen molar-refractivity contribution in [3.05, 3.63) is 34.9 Å². The molecule has 1 aromatic rings. The minimum absolute atomic E-state index is 0.348. The molecule has 1 aromatic carbocycles. The van der Waals surface area contributed by atoms with Gasteiger partial charge in [-0.1, -0.05) is 15.9 Å². The maximum absolute atomic E-state index is 11.5. The van der Waals surface area contributed by atoms with Crippen LogP contribution in [-0.2, 0) is 10.1 Å². The molecule has 3 nitrogen and oxygen atoms in total. The Kier molecular flexibility index (Phi) is 4.32. The number of nitriles is 1. The first kappa shape index (κ1) is 11.7. The molecule has 15 heavy (non-hydrogen) atoms. The molecular formula is C11H10BrNO2. The number of carbonyl (C=O) groups is 1. The smallest absolute Gasteiger partial charge is 0.338 e. The number of alkyl halides is 1. The molecule has 0 aliphatic carbocycles. The fraction of sp³-hybridized carbons (Fsp3) is 0.273. The van der Waals surface area contributed by atoms with Crippen LogP contribution in [0, 0.1) is 11.3 Å². The number of benzene rings is 1. The first-order chi connectivity index (χ1) is 7.22. The molecule has 0 aromatic heterocycles. The van der Waals surface area contributed by atoms with Gasteiger partial charge in [0, 0.05) is 5.33 Å². The van der Waals surface area contributed by atoms with Gasteiger partial charge in [0.25, 0.3) is 0 Å². The molecule has 0 aliphatic rings. The van der Waals surface area contributed by atoms with Gasteiger partial charge < -0.3 is 4.74 Å². The lowest BCUT2D eigenvalue weighted by Gasteiger charge is -2.06. The number of hydrogen-bond donors (Lipinski definition) is 0. The molecule has 0 saturated heterocycles. The van der Waals surface area contributed by atoms with Crippen LogP contribution in [0.5, 0.6) is 0 Å². The third-order valence-electron chi connectivity index (χ3n) is 1.87. The van der Waals surface area contributed by atoms with Crippen molar-refractivity contribution in [2.45, 2.75) is 12.3 Å². The Morgan fingerprint density at radius 2 is 2.33 bits per heavy atom. The van der Waals surface area contributed by atoms with Crippen molar-refractivity contribution in [3.8, 4) is 6.07 Å². The van der Waals surface area contributed by atoms with Crippen molar-refractivity contribution >= 4 is 21.9 Å². The second-order valence-electron chi connectivity index (χ2n) is 2.84. The summed E-state index contributed by atoms with van der Waals surface area (Å²) in [5.41, 5.74) is 1.82. The maximum Gasteiger partial charge on any atom is 0.338 e. The molecule has 0 aliphatic heterocycles. The minimum atomic E-state index is -0.351.